The molecule has 0 saturated carbocycles. The van der Waals surface area contributed by atoms with Crippen LogP contribution in [0.3, 0.4) is 0 Å². The predicted octanol–water partition coefficient (Wildman–Crippen LogP) is -0.319. The lowest BCUT2D eigenvalue weighted by molar-refractivity contribution is -0.883. The van der Waals surface area contributed by atoms with E-state index in [4.69, 9.17) is 17.0 Å². The number of methoxy groups -OCH3 is 1. The minimum absolute atomic E-state index is 0.124. The molecule has 6 nitrogen and oxygen atoms in total. The highest BCUT2D eigenvalue weighted by Crippen LogP contribution is 2.15. The molecule has 0 aliphatic carbocycles. The molecule has 1 amide bonds. The van der Waals surface area contributed by atoms with Crippen molar-refractivity contribution in [3.05, 3.63) is 24.3 Å². The second kappa shape index (κ2) is 8.12. The number of ether oxygens (including phenoxy) is 1. The van der Waals surface area contributed by atoms with Crippen LogP contribution in [0.1, 0.15) is 0 Å². The zero-order chi connectivity index (χ0) is 16.8. The first kappa shape index (κ1) is 17.5. The van der Waals surface area contributed by atoms with Crippen molar-refractivity contribution in [2.75, 3.05) is 59.2 Å². The second-order valence-corrected chi connectivity index (χ2v) is 6.24. The molecule has 2 rings (SSSR count). The molecule has 1 aromatic rings. The SMILES string of the molecule is COc1ccc(NC(=S)N(C)CC(=O)N2CC[NH+](C)CC2)cc1. The number of hydrogen-bond acceptors (Lipinski definition) is 3. The Morgan fingerprint density at radius 2 is 1.96 bits per heavy atom. The van der Waals surface area contributed by atoms with Crippen molar-refractivity contribution in [1.82, 2.24) is 9.80 Å². The molecular weight excluding hydrogens is 312 g/mol. The highest BCUT2D eigenvalue weighted by atomic mass is 32.1. The van der Waals surface area contributed by atoms with Gasteiger partial charge in [-0.05, 0) is 36.5 Å². The number of benzene rings is 1. The fourth-order valence-electron chi connectivity index (χ4n) is 2.41. The van der Waals surface area contributed by atoms with Gasteiger partial charge in [0, 0.05) is 12.7 Å². The third kappa shape index (κ3) is 5.07. The van der Waals surface area contributed by atoms with Crippen LogP contribution in [0.5, 0.6) is 5.75 Å². The van der Waals surface area contributed by atoms with Gasteiger partial charge in [0.2, 0.25) is 5.91 Å². The molecule has 0 aromatic heterocycles. The van der Waals surface area contributed by atoms with E-state index in [1.54, 1.807) is 12.0 Å². The smallest absolute Gasteiger partial charge is 0.242 e. The van der Waals surface area contributed by atoms with Crippen molar-refractivity contribution >= 4 is 28.9 Å². The zero-order valence-electron chi connectivity index (χ0n) is 14.0. The van der Waals surface area contributed by atoms with Gasteiger partial charge in [-0.3, -0.25) is 4.79 Å². The number of hydrogen-bond donors (Lipinski definition) is 2. The lowest BCUT2D eigenvalue weighted by Gasteiger charge is -2.31. The summed E-state index contributed by atoms with van der Waals surface area (Å²) in [7, 11) is 5.62. The van der Waals surface area contributed by atoms with Crippen molar-refractivity contribution in [2.24, 2.45) is 0 Å². The molecular formula is C16H25N4O2S+. The third-order valence-corrected chi connectivity index (χ3v) is 4.44. The van der Waals surface area contributed by atoms with E-state index in [-0.39, 0.29) is 5.91 Å². The van der Waals surface area contributed by atoms with E-state index in [0.29, 0.717) is 11.7 Å². The van der Waals surface area contributed by atoms with Crippen LogP contribution in [0.15, 0.2) is 24.3 Å². The minimum atomic E-state index is 0.124. The fraction of sp³-hybridized carbons (Fsp3) is 0.500. The molecule has 1 saturated heterocycles. The summed E-state index contributed by atoms with van der Waals surface area (Å²) in [4.78, 5) is 17.5. The number of carbonyl (C=O) groups is 1. The molecule has 126 valence electrons. The van der Waals surface area contributed by atoms with Gasteiger partial charge >= 0.3 is 0 Å². The first-order chi connectivity index (χ1) is 11.0. The number of nitrogens with one attached hydrogen (secondary N) is 2. The van der Waals surface area contributed by atoms with Crippen molar-refractivity contribution < 1.29 is 14.4 Å². The fourth-order valence-corrected chi connectivity index (χ4v) is 2.59. The van der Waals surface area contributed by atoms with Crippen LogP contribution in [0.25, 0.3) is 0 Å². The van der Waals surface area contributed by atoms with Crippen LogP contribution < -0.4 is 15.0 Å². The number of anilines is 1. The van der Waals surface area contributed by atoms with Gasteiger partial charge in [0.05, 0.1) is 46.9 Å². The number of quaternary nitrogens is 1. The maximum absolute atomic E-state index is 12.3. The summed E-state index contributed by atoms with van der Waals surface area (Å²) in [5.74, 6) is 0.918. The van der Waals surface area contributed by atoms with Crippen molar-refractivity contribution in [1.29, 1.82) is 0 Å². The average Bonchev–Trinajstić information content (AvgIpc) is 2.56. The predicted molar refractivity (Wildman–Crippen MR) is 95.0 cm³/mol. The van der Waals surface area contributed by atoms with Crippen LogP contribution in [0.2, 0.25) is 0 Å². The topological polar surface area (TPSA) is 49.2 Å². The normalized spacial score (nSPS) is 15.2. The molecule has 1 heterocycles. The molecule has 1 aromatic carbocycles. The minimum Gasteiger partial charge on any atom is -0.497 e. The maximum Gasteiger partial charge on any atom is 0.242 e. The highest BCUT2D eigenvalue weighted by Gasteiger charge is 2.22. The number of amides is 1. The van der Waals surface area contributed by atoms with Crippen molar-refractivity contribution in [3.8, 4) is 5.75 Å². The number of carbonyl (C=O) groups excluding carboxylic acids is 1. The number of likely N-dealkylation sites (N-methyl/N-ethyl adjacent to an activating group) is 2. The van der Waals surface area contributed by atoms with Gasteiger partial charge in [0.25, 0.3) is 0 Å². The average molecular weight is 337 g/mol. The number of rotatable bonds is 4. The summed E-state index contributed by atoms with van der Waals surface area (Å²) in [6.45, 7) is 3.93. The first-order valence-corrected chi connectivity index (χ1v) is 8.15. The van der Waals surface area contributed by atoms with Crippen LogP contribution in [0.4, 0.5) is 5.69 Å². The summed E-state index contributed by atoms with van der Waals surface area (Å²) in [5.41, 5.74) is 0.873. The van der Waals surface area contributed by atoms with Crippen LogP contribution in [-0.4, -0.2) is 74.7 Å². The standard InChI is InChI=1S/C16H24N4O2S/c1-18-8-10-20(11-9-18)15(21)12-19(2)16(23)17-13-4-6-14(22-3)7-5-13/h4-7H,8-12H2,1-3H3,(H,17,23)/p+1. The monoisotopic (exact) mass is 337 g/mol. The van der Waals surface area contributed by atoms with Gasteiger partial charge in [0.15, 0.2) is 5.11 Å². The van der Waals surface area contributed by atoms with E-state index in [1.807, 2.05) is 36.2 Å². The quantitative estimate of drug-likeness (QED) is 0.738. The third-order valence-electron chi connectivity index (χ3n) is 4.03. The Kier molecular flexibility index (Phi) is 6.18. The highest BCUT2D eigenvalue weighted by molar-refractivity contribution is 7.80. The molecule has 0 spiro atoms. The van der Waals surface area contributed by atoms with Crippen LogP contribution >= 0.6 is 12.2 Å². The summed E-state index contributed by atoms with van der Waals surface area (Å²) < 4.78 is 5.13. The second-order valence-electron chi connectivity index (χ2n) is 5.85. The van der Waals surface area contributed by atoms with E-state index < -0.39 is 0 Å². The molecule has 23 heavy (non-hydrogen) atoms. The van der Waals surface area contributed by atoms with Crippen molar-refractivity contribution in [2.45, 2.75) is 0 Å². The number of nitrogens with zero attached hydrogens (tertiary/aromatic N) is 2. The number of piperazine rings is 1. The molecule has 1 aliphatic heterocycles. The zero-order valence-corrected chi connectivity index (χ0v) is 14.8. The molecule has 0 unspecified atom stereocenters. The van der Waals surface area contributed by atoms with E-state index in [2.05, 4.69) is 12.4 Å². The maximum atomic E-state index is 12.3. The van der Waals surface area contributed by atoms with Gasteiger partial charge in [-0.1, -0.05) is 0 Å². The Labute approximate surface area is 143 Å². The number of thiocarbonyl (C=S) groups is 1. The van der Waals surface area contributed by atoms with E-state index in [9.17, 15) is 4.79 Å². The lowest BCUT2D eigenvalue weighted by atomic mass is 10.3. The van der Waals surface area contributed by atoms with Gasteiger partial charge in [-0.2, -0.15) is 0 Å². The summed E-state index contributed by atoms with van der Waals surface area (Å²) in [6, 6.07) is 7.51. The molecule has 7 heteroatoms. The molecule has 0 bridgehead atoms. The first-order valence-electron chi connectivity index (χ1n) is 7.75. The largest absolute Gasteiger partial charge is 0.497 e. The summed E-state index contributed by atoms with van der Waals surface area (Å²) >= 11 is 5.37. The van der Waals surface area contributed by atoms with Gasteiger partial charge in [0.1, 0.15) is 5.75 Å². The Hall–Kier alpha value is -1.86. The van der Waals surface area contributed by atoms with E-state index >= 15 is 0 Å². The van der Waals surface area contributed by atoms with Gasteiger partial charge in [-0.15, -0.1) is 0 Å². The van der Waals surface area contributed by atoms with E-state index in [0.717, 1.165) is 37.6 Å². The molecule has 1 fully saturated rings. The van der Waals surface area contributed by atoms with Crippen molar-refractivity contribution in [3.63, 3.8) is 0 Å². The van der Waals surface area contributed by atoms with Gasteiger partial charge < -0.3 is 24.8 Å². The molecule has 1 aliphatic rings. The lowest BCUT2D eigenvalue weighted by Crippen LogP contribution is -3.12. The van der Waals surface area contributed by atoms with Crippen LogP contribution in [0, 0.1) is 0 Å². The Morgan fingerprint density at radius 3 is 2.52 bits per heavy atom. The Morgan fingerprint density at radius 1 is 1.35 bits per heavy atom. The van der Waals surface area contributed by atoms with Gasteiger partial charge in [-0.25, -0.2) is 0 Å². The van der Waals surface area contributed by atoms with Crippen LogP contribution in [-0.2, 0) is 4.79 Å². The molecule has 0 radical (unpaired) electrons. The molecule has 0 atom stereocenters. The molecule has 2 N–H and O–H groups in total. The Balaban J connectivity index is 1.83. The Bertz CT molecular complexity index is 542. The summed E-state index contributed by atoms with van der Waals surface area (Å²) in [5, 5.41) is 3.67. The summed E-state index contributed by atoms with van der Waals surface area (Å²) in [6.07, 6.45) is 0. The van der Waals surface area contributed by atoms with E-state index in [1.165, 1.54) is 4.90 Å².